The lowest BCUT2D eigenvalue weighted by atomic mass is 10.5. The third kappa shape index (κ3) is 1.05. The summed E-state index contributed by atoms with van der Waals surface area (Å²) in [6.45, 7) is 0. The molecule has 0 aliphatic heterocycles. The molecule has 1 aromatic heterocycles. The lowest BCUT2D eigenvalue weighted by Crippen LogP contribution is -2.33. The van der Waals surface area contributed by atoms with Crippen LogP contribution in [0.15, 0.2) is 9.59 Å². The Morgan fingerprint density at radius 1 is 1.50 bits per heavy atom. The van der Waals surface area contributed by atoms with Crippen molar-refractivity contribution in [2.24, 2.45) is 12.9 Å². The molecule has 0 saturated heterocycles. The second-order valence-electron chi connectivity index (χ2n) is 2.22. The molecule has 0 spiro atoms. The summed E-state index contributed by atoms with van der Waals surface area (Å²) in [5.41, 5.74) is 6.28. The summed E-state index contributed by atoms with van der Waals surface area (Å²) < 4.78 is 1.08. The standard InChI is InChI=1S/C5H9N5O2/c1-10-3(6)2(9-7)4(11)8-5(10)12/h9H,6-7H2,1H3,(H,8,11,12). The highest BCUT2D eigenvalue weighted by molar-refractivity contribution is 5.59. The van der Waals surface area contributed by atoms with E-state index in [-0.39, 0.29) is 11.5 Å². The lowest BCUT2D eigenvalue weighted by molar-refractivity contribution is 0.814. The topological polar surface area (TPSA) is 119 Å². The SMILES string of the molecule is Cn1c(N)c(NN)c(=O)[nH]c1=O. The van der Waals surface area contributed by atoms with Gasteiger partial charge < -0.3 is 11.2 Å². The number of hydrazine groups is 1. The van der Waals surface area contributed by atoms with Crippen LogP contribution in [0.1, 0.15) is 0 Å². The van der Waals surface area contributed by atoms with Gasteiger partial charge in [0.15, 0.2) is 5.69 Å². The second-order valence-corrected chi connectivity index (χ2v) is 2.22. The summed E-state index contributed by atoms with van der Waals surface area (Å²) in [6.07, 6.45) is 0. The van der Waals surface area contributed by atoms with E-state index in [1.807, 2.05) is 4.98 Å². The van der Waals surface area contributed by atoms with E-state index in [0.29, 0.717) is 0 Å². The van der Waals surface area contributed by atoms with Crippen LogP contribution in [0.2, 0.25) is 0 Å². The van der Waals surface area contributed by atoms with Crippen molar-refractivity contribution >= 4 is 11.5 Å². The van der Waals surface area contributed by atoms with Crippen molar-refractivity contribution in [1.82, 2.24) is 9.55 Å². The lowest BCUT2D eigenvalue weighted by Gasteiger charge is -2.06. The average Bonchev–Trinajstić information content (AvgIpc) is 2.01. The van der Waals surface area contributed by atoms with Crippen molar-refractivity contribution in [2.75, 3.05) is 11.2 Å². The summed E-state index contributed by atoms with van der Waals surface area (Å²) in [4.78, 5) is 23.9. The zero-order chi connectivity index (χ0) is 9.30. The molecule has 66 valence electrons. The Morgan fingerprint density at radius 3 is 2.58 bits per heavy atom. The molecule has 1 rings (SSSR count). The Morgan fingerprint density at radius 2 is 2.08 bits per heavy atom. The highest BCUT2D eigenvalue weighted by atomic mass is 16.2. The van der Waals surface area contributed by atoms with Crippen LogP contribution in [0.4, 0.5) is 11.5 Å². The zero-order valence-electron chi connectivity index (χ0n) is 6.42. The van der Waals surface area contributed by atoms with Crippen LogP contribution in [0, 0.1) is 0 Å². The minimum atomic E-state index is -0.627. The first-order valence-electron chi connectivity index (χ1n) is 3.13. The van der Waals surface area contributed by atoms with Crippen molar-refractivity contribution in [3.63, 3.8) is 0 Å². The van der Waals surface area contributed by atoms with E-state index < -0.39 is 11.2 Å². The van der Waals surface area contributed by atoms with Crippen LogP contribution >= 0.6 is 0 Å². The van der Waals surface area contributed by atoms with Gasteiger partial charge in [0.1, 0.15) is 5.82 Å². The number of aromatic nitrogens is 2. The first-order valence-corrected chi connectivity index (χ1v) is 3.13. The van der Waals surface area contributed by atoms with Crippen LogP contribution in [0.3, 0.4) is 0 Å². The predicted molar refractivity (Wildman–Crippen MR) is 44.5 cm³/mol. The molecule has 1 aromatic rings. The van der Waals surface area contributed by atoms with E-state index in [4.69, 9.17) is 11.6 Å². The minimum absolute atomic E-state index is 0.00579. The van der Waals surface area contributed by atoms with E-state index in [1.54, 1.807) is 0 Å². The first-order chi connectivity index (χ1) is 5.57. The molecule has 7 nitrogen and oxygen atoms in total. The summed E-state index contributed by atoms with van der Waals surface area (Å²) in [7, 11) is 1.43. The third-order valence-electron chi connectivity index (χ3n) is 1.51. The molecule has 0 aliphatic rings. The number of hydrogen-bond donors (Lipinski definition) is 4. The number of H-pyrrole nitrogens is 1. The van der Waals surface area contributed by atoms with Crippen LogP contribution in [0.5, 0.6) is 0 Å². The Hall–Kier alpha value is -1.76. The summed E-state index contributed by atoms with van der Waals surface area (Å²) >= 11 is 0. The van der Waals surface area contributed by atoms with Gasteiger partial charge in [0.05, 0.1) is 0 Å². The Balaban J connectivity index is 3.63. The average molecular weight is 171 g/mol. The zero-order valence-corrected chi connectivity index (χ0v) is 6.42. The molecule has 0 radical (unpaired) electrons. The number of rotatable bonds is 1. The van der Waals surface area contributed by atoms with E-state index >= 15 is 0 Å². The normalized spacial score (nSPS) is 9.83. The number of aromatic amines is 1. The molecule has 0 amide bonds. The van der Waals surface area contributed by atoms with Gasteiger partial charge in [0, 0.05) is 7.05 Å². The molecule has 0 atom stereocenters. The van der Waals surface area contributed by atoms with E-state index in [9.17, 15) is 9.59 Å². The number of nitrogens with one attached hydrogen (secondary N) is 2. The van der Waals surface area contributed by atoms with Gasteiger partial charge in [0.25, 0.3) is 5.56 Å². The summed E-state index contributed by atoms with van der Waals surface area (Å²) in [5, 5.41) is 0. The fourth-order valence-electron chi connectivity index (χ4n) is 0.776. The third-order valence-corrected chi connectivity index (χ3v) is 1.51. The predicted octanol–water partition coefficient (Wildman–Crippen LogP) is -2.06. The van der Waals surface area contributed by atoms with Gasteiger partial charge in [-0.3, -0.25) is 20.2 Å². The maximum Gasteiger partial charge on any atom is 0.329 e. The number of nitrogens with zero attached hydrogens (tertiary/aromatic N) is 1. The first kappa shape index (κ1) is 8.34. The number of nitrogen functional groups attached to an aromatic ring is 2. The van der Waals surface area contributed by atoms with Gasteiger partial charge in [-0.1, -0.05) is 0 Å². The largest absolute Gasteiger partial charge is 0.383 e. The molecule has 0 saturated carbocycles. The highest BCUT2D eigenvalue weighted by Crippen LogP contribution is 2.04. The van der Waals surface area contributed by atoms with Crippen LogP contribution in [-0.4, -0.2) is 9.55 Å². The maximum absolute atomic E-state index is 11.0. The Bertz CT molecular complexity index is 403. The smallest absolute Gasteiger partial charge is 0.329 e. The molecule has 12 heavy (non-hydrogen) atoms. The molecule has 6 N–H and O–H groups in total. The van der Waals surface area contributed by atoms with E-state index in [1.165, 1.54) is 7.05 Å². The highest BCUT2D eigenvalue weighted by Gasteiger charge is 2.06. The summed E-state index contributed by atoms with van der Waals surface area (Å²) in [6, 6.07) is 0. The number of nitrogens with two attached hydrogens (primary N) is 2. The molecule has 7 heteroatoms. The molecule has 0 unspecified atom stereocenters. The van der Waals surface area contributed by atoms with E-state index in [0.717, 1.165) is 4.57 Å². The molecule has 0 aromatic carbocycles. The van der Waals surface area contributed by atoms with Gasteiger partial charge in [-0.25, -0.2) is 4.79 Å². The van der Waals surface area contributed by atoms with Gasteiger partial charge in [0.2, 0.25) is 0 Å². The van der Waals surface area contributed by atoms with Crippen molar-refractivity contribution in [1.29, 1.82) is 0 Å². The van der Waals surface area contributed by atoms with Gasteiger partial charge in [-0.05, 0) is 0 Å². The second kappa shape index (κ2) is 2.70. The van der Waals surface area contributed by atoms with Gasteiger partial charge >= 0.3 is 5.69 Å². The quantitative estimate of drug-likeness (QED) is 0.286. The number of anilines is 2. The molecular weight excluding hydrogens is 162 g/mol. The van der Waals surface area contributed by atoms with Crippen molar-refractivity contribution < 1.29 is 0 Å². The Kier molecular flexibility index (Phi) is 1.88. The molecule has 1 heterocycles. The van der Waals surface area contributed by atoms with Crippen molar-refractivity contribution in [3.05, 3.63) is 20.8 Å². The van der Waals surface area contributed by atoms with Crippen molar-refractivity contribution in [3.8, 4) is 0 Å². The minimum Gasteiger partial charge on any atom is -0.383 e. The van der Waals surface area contributed by atoms with Crippen LogP contribution in [0.25, 0.3) is 0 Å². The molecule has 0 aliphatic carbocycles. The fraction of sp³-hybridized carbons (Fsp3) is 0.200. The summed E-state index contributed by atoms with van der Waals surface area (Å²) in [5.74, 6) is 5.01. The van der Waals surface area contributed by atoms with E-state index in [2.05, 4.69) is 5.43 Å². The van der Waals surface area contributed by atoms with Crippen LogP contribution in [-0.2, 0) is 7.05 Å². The monoisotopic (exact) mass is 171 g/mol. The molecule has 0 bridgehead atoms. The maximum atomic E-state index is 11.0. The Labute approximate surface area is 67.0 Å². The fourth-order valence-corrected chi connectivity index (χ4v) is 0.776. The number of hydrogen-bond acceptors (Lipinski definition) is 5. The van der Waals surface area contributed by atoms with Crippen LogP contribution < -0.4 is 28.3 Å². The molecule has 0 fully saturated rings. The van der Waals surface area contributed by atoms with Crippen molar-refractivity contribution in [2.45, 2.75) is 0 Å². The van der Waals surface area contributed by atoms with Gasteiger partial charge in [-0.15, -0.1) is 0 Å². The molecular formula is C5H9N5O2. The van der Waals surface area contributed by atoms with Gasteiger partial charge in [-0.2, -0.15) is 0 Å².